The second-order valence-corrected chi connectivity index (χ2v) is 6.70. The molecule has 1 saturated carbocycles. The average molecular weight is 269 g/mol. The van der Waals surface area contributed by atoms with Crippen molar-refractivity contribution in [3.05, 3.63) is 0 Å². The lowest BCUT2D eigenvalue weighted by Crippen LogP contribution is -2.53. The van der Waals surface area contributed by atoms with Gasteiger partial charge in [-0.2, -0.15) is 0 Å². The molecule has 2 fully saturated rings. The molecule has 1 spiro atoms. The van der Waals surface area contributed by atoms with Crippen LogP contribution in [-0.2, 0) is 0 Å². The summed E-state index contributed by atoms with van der Waals surface area (Å²) in [7, 11) is 0. The maximum atomic E-state index is 5.46. The minimum Gasteiger partial charge on any atom is -0.342 e. The minimum atomic E-state index is 0.0692. The zero-order valence-electron chi connectivity index (χ0n) is 12.0. The van der Waals surface area contributed by atoms with Crippen LogP contribution in [0.5, 0.6) is 0 Å². The van der Waals surface area contributed by atoms with Gasteiger partial charge in [-0.25, -0.2) is 5.43 Å². The van der Waals surface area contributed by atoms with E-state index in [-0.39, 0.29) is 5.66 Å². The number of nitrogens with one attached hydrogen (secondary N) is 2. The number of nitrogens with zero attached hydrogens (tertiary/aromatic N) is 1. The van der Waals surface area contributed by atoms with Crippen LogP contribution in [0.3, 0.4) is 0 Å². The molecule has 18 heavy (non-hydrogen) atoms. The fourth-order valence-electron chi connectivity index (χ4n) is 2.97. The van der Waals surface area contributed by atoms with Crippen LogP contribution in [0.4, 0.5) is 0 Å². The fraction of sp³-hybridized carbons (Fsp3) is 0.929. The summed E-state index contributed by atoms with van der Waals surface area (Å²) in [5.74, 6) is 1.64. The molecule has 1 saturated heterocycles. The summed E-state index contributed by atoms with van der Waals surface area (Å²) in [6, 6.07) is 0. The number of hydrogen-bond acceptors (Lipinski definition) is 2. The Bertz CT molecular complexity index is 295. The Labute approximate surface area is 117 Å². The lowest BCUT2D eigenvalue weighted by Gasteiger charge is -2.37. The Kier molecular flexibility index (Phi) is 4.49. The van der Waals surface area contributed by atoms with Crippen molar-refractivity contribution in [1.82, 2.24) is 15.8 Å². The van der Waals surface area contributed by atoms with E-state index in [1.165, 1.54) is 38.5 Å². The van der Waals surface area contributed by atoms with E-state index in [2.05, 4.69) is 36.5 Å². The molecule has 2 N–H and O–H groups in total. The molecule has 1 aliphatic carbocycles. The van der Waals surface area contributed by atoms with Gasteiger partial charge in [0.05, 0.1) is 0 Å². The zero-order valence-corrected chi connectivity index (χ0v) is 12.8. The van der Waals surface area contributed by atoms with Crippen LogP contribution in [0, 0.1) is 11.8 Å². The quantitative estimate of drug-likeness (QED) is 0.767. The third-order valence-electron chi connectivity index (χ3n) is 4.41. The van der Waals surface area contributed by atoms with Gasteiger partial charge in [-0.3, -0.25) is 5.01 Å². The first-order valence-corrected chi connectivity index (χ1v) is 7.83. The van der Waals surface area contributed by atoms with E-state index in [9.17, 15) is 0 Å². The predicted octanol–water partition coefficient (Wildman–Crippen LogP) is 3.02. The summed E-state index contributed by atoms with van der Waals surface area (Å²) in [5.41, 5.74) is 3.71. The lowest BCUT2D eigenvalue weighted by molar-refractivity contribution is 0.134. The van der Waals surface area contributed by atoms with Crippen molar-refractivity contribution in [2.24, 2.45) is 11.8 Å². The van der Waals surface area contributed by atoms with E-state index in [0.717, 1.165) is 23.5 Å². The first-order chi connectivity index (χ1) is 8.54. The molecule has 3 nitrogen and oxygen atoms in total. The van der Waals surface area contributed by atoms with Gasteiger partial charge in [-0.1, -0.05) is 27.2 Å². The highest BCUT2D eigenvalue weighted by atomic mass is 32.1. The average Bonchev–Trinajstić information content (AvgIpc) is 2.64. The van der Waals surface area contributed by atoms with Crippen molar-refractivity contribution >= 4 is 17.3 Å². The number of thiocarbonyl (C=S) groups is 1. The first kappa shape index (κ1) is 14.1. The molecule has 1 heterocycles. The Morgan fingerprint density at radius 1 is 1.39 bits per heavy atom. The minimum absolute atomic E-state index is 0.0692. The Balaban J connectivity index is 1.88. The third-order valence-corrected chi connectivity index (χ3v) is 4.73. The Morgan fingerprint density at radius 3 is 2.61 bits per heavy atom. The van der Waals surface area contributed by atoms with E-state index < -0.39 is 0 Å². The second kappa shape index (κ2) is 5.74. The highest BCUT2D eigenvalue weighted by Gasteiger charge is 2.42. The predicted molar refractivity (Wildman–Crippen MR) is 80.0 cm³/mol. The van der Waals surface area contributed by atoms with Crippen LogP contribution >= 0.6 is 12.2 Å². The molecule has 0 radical (unpaired) electrons. The summed E-state index contributed by atoms with van der Waals surface area (Å²) in [5, 5.41) is 6.58. The number of rotatable bonds is 4. The van der Waals surface area contributed by atoms with Crippen LogP contribution in [0.2, 0.25) is 0 Å². The summed E-state index contributed by atoms with van der Waals surface area (Å²) in [6.07, 6.45) is 7.53. The SMILES string of the molecule is CCC1CCC2(CC1)NC(=S)N(CCC(C)C)N2. The van der Waals surface area contributed by atoms with E-state index in [0.29, 0.717) is 0 Å². The van der Waals surface area contributed by atoms with Gasteiger partial charge in [0.15, 0.2) is 5.11 Å². The molecule has 0 atom stereocenters. The van der Waals surface area contributed by atoms with Gasteiger partial charge in [-0.05, 0) is 56.2 Å². The molecule has 0 amide bonds. The van der Waals surface area contributed by atoms with Crippen LogP contribution < -0.4 is 10.7 Å². The molecule has 0 aromatic carbocycles. The van der Waals surface area contributed by atoms with Gasteiger partial charge in [0, 0.05) is 6.54 Å². The standard InChI is InChI=1S/C14H27N3S/c1-4-12-5-8-14(9-6-12)15-13(18)17(16-14)10-7-11(2)3/h11-12,16H,4-10H2,1-3H3,(H,15,18). The van der Waals surface area contributed by atoms with Crippen LogP contribution in [0.15, 0.2) is 0 Å². The topological polar surface area (TPSA) is 27.3 Å². The third kappa shape index (κ3) is 3.15. The van der Waals surface area contributed by atoms with Crippen molar-refractivity contribution in [3.63, 3.8) is 0 Å². The monoisotopic (exact) mass is 269 g/mol. The molecule has 1 aliphatic heterocycles. The Hall–Kier alpha value is -0.350. The van der Waals surface area contributed by atoms with Crippen molar-refractivity contribution in [3.8, 4) is 0 Å². The molecule has 0 bridgehead atoms. The van der Waals surface area contributed by atoms with Crippen LogP contribution in [-0.4, -0.2) is 22.3 Å². The van der Waals surface area contributed by atoms with Gasteiger partial charge in [0.1, 0.15) is 5.66 Å². The highest BCUT2D eigenvalue weighted by Crippen LogP contribution is 2.34. The molecule has 2 aliphatic rings. The maximum Gasteiger partial charge on any atom is 0.185 e. The normalized spacial score (nSPS) is 32.3. The molecular formula is C14H27N3S. The molecular weight excluding hydrogens is 242 g/mol. The first-order valence-electron chi connectivity index (χ1n) is 7.42. The summed E-state index contributed by atoms with van der Waals surface area (Å²) < 4.78 is 0. The van der Waals surface area contributed by atoms with Gasteiger partial charge in [0.2, 0.25) is 0 Å². The van der Waals surface area contributed by atoms with Crippen molar-refractivity contribution in [2.75, 3.05) is 6.54 Å². The molecule has 0 unspecified atom stereocenters. The van der Waals surface area contributed by atoms with E-state index in [1.54, 1.807) is 0 Å². The van der Waals surface area contributed by atoms with Crippen molar-refractivity contribution in [2.45, 2.75) is 65.0 Å². The summed E-state index contributed by atoms with van der Waals surface area (Å²) in [6.45, 7) is 7.84. The molecule has 2 rings (SSSR count). The van der Waals surface area contributed by atoms with E-state index >= 15 is 0 Å². The summed E-state index contributed by atoms with van der Waals surface area (Å²) in [4.78, 5) is 0. The lowest BCUT2D eigenvalue weighted by atomic mass is 9.81. The number of hydrogen-bond donors (Lipinski definition) is 2. The van der Waals surface area contributed by atoms with Crippen molar-refractivity contribution in [1.29, 1.82) is 0 Å². The van der Waals surface area contributed by atoms with Crippen LogP contribution in [0.1, 0.15) is 59.3 Å². The molecule has 104 valence electrons. The fourth-order valence-corrected chi connectivity index (χ4v) is 3.30. The molecule has 0 aromatic heterocycles. The van der Waals surface area contributed by atoms with Crippen molar-refractivity contribution < 1.29 is 0 Å². The molecule has 4 heteroatoms. The smallest absolute Gasteiger partial charge is 0.185 e. The van der Waals surface area contributed by atoms with Gasteiger partial charge < -0.3 is 5.32 Å². The number of hydrazine groups is 1. The largest absolute Gasteiger partial charge is 0.342 e. The van der Waals surface area contributed by atoms with Gasteiger partial charge in [0.25, 0.3) is 0 Å². The summed E-state index contributed by atoms with van der Waals surface area (Å²) >= 11 is 5.46. The maximum absolute atomic E-state index is 5.46. The van der Waals surface area contributed by atoms with Crippen LogP contribution in [0.25, 0.3) is 0 Å². The van der Waals surface area contributed by atoms with E-state index in [1.807, 2.05) is 0 Å². The van der Waals surface area contributed by atoms with E-state index in [4.69, 9.17) is 12.2 Å². The molecule has 0 aromatic rings. The van der Waals surface area contributed by atoms with Gasteiger partial charge in [-0.15, -0.1) is 0 Å². The highest BCUT2D eigenvalue weighted by molar-refractivity contribution is 7.80. The second-order valence-electron chi connectivity index (χ2n) is 6.31. The van der Waals surface area contributed by atoms with Gasteiger partial charge >= 0.3 is 0 Å². The zero-order chi connectivity index (χ0) is 13.2. The Morgan fingerprint density at radius 2 is 2.06 bits per heavy atom.